The van der Waals surface area contributed by atoms with Crippen LogP contribution in [0.25, 0.3) is 0 Å². The molecule has 134 valence electrons. The van der Waals surface area contributed by atoms with Crippen LogP contribution in [-0.4, -0.2) is 29.9 Å². The molecule has 0 aliphatic carbocycles. The number of rotatable bonds is 6. The lowest BCUT2D eigenvalue weighted by Crippen LogP contribution is -2.04. The molecule has 0 amide bonds. The molecule has 4 rings (SSSR count). The topological polar surface area (TPSA) is 93.4 Å². The fourth-order valence-electron chi connectivity index (χ4n) is 2.49. The number of hydrogen-bond acceptors (Lipinski definition) is 7. The molecule has 0 bridgehead atoms. The van der Waals surface area contributed by atoms with Crippen molar-refractivity contribution in [3.8, 4) is 0 Å². The molecule has 0 unspecified atom stereocenters. The van der Waals surface area contributed by atoms with Crippen LogP contribution in [0.1, 0.15) is 5.56 Å². The van der Waals surface area contributed by atoms with Crippen molar-refractivity contribution in [2.75, 3.05) is 10.6 Å². The normalized spacial score (nSPS) is 10.6. The summed E-state index contributed by atoms with van der Waals surface area (Å²) in [7, 11) is 0. The fraction of sp³-hybridized carbons (Fsp3) is 0.0556. The second-order valence-corrected chi connectivity index (χ2v) is 6.61. The summed E-state index contributed by atoms with van der Waals surface area (Å²) in [5, 5.41) is 14.2. The zero-order valence-electron chi connectivity index (χ0n) is 14.1. The maximum atomic E-state index is 4.41. The third-order valence-corrected chi connectivity index (χ3v) is 4.15. The molecule has 0 saturated carbocycles. The molecule has 2 aromatic heterocycles. The number of anilines is 4. The van der Waals surface area contributed by atoms with E-state index in [0.29, 0.717) is 18.4 Å². The van der Waals surface area contributed by atoms with Gasteiger partial charge in [0.15, 0.2) is 0 Å². The summed E-state index contributed by atoms with van der Waals surface area (Å²) in [5.74, 6) is 0.921. The van der Waals surface area contributed by atoms with Crippen LogP contribution in [0.15, 0.2) is 71.7 Å². The number of nitrogens with one attached hydrogen (secondary N) is 2. The molecule has 0 aliphatic rings. The average Bonchev–Trinajstić information content (AvgIpc) is 3.15. The van der Waals surface area contributed by atoms with Crippen molar-refractivity contribution in [1.29, 1.82) is 0 Å². The molecule has 0 radical (unpaired) electrons. The van der Waals surface area contributed by atoms with Gasteiger partial charge < -0.3 is 10.6 Å². The molecule has 2 N–H and O–H groups in total. The molecule has 2 heterocycles. The van der Waals surface area contributed by atoms with Crippen LogP contribution in [0.3, 0.4) is 0 Å². The summed E-state index contributed by atoms with van der Waals surface area (Å²) < 4.78 is 2.74. The lowest BCUT2D eigenvalue weighted by Gasteiger charge is -2.09. The Labute approximate surface area is 163 Å². The van der Waals surface area contributed by atoms with Crippen molar-refractivity contribution in [1.82, 2.24) is 29.9 Å². The number of aromatic nitrogens is 6. The summed E-state index contributed by atoms with van der Waals surface area (Å²) in [4.78, 5) is 12.8. The van der Waals surface area contributed by atoms with Crippen LogP contribution in [0.4, 0.5) is 23.3 Å². The molecule has 0 atom stereocenters. The van der Waals surface area contributed by atoms with Crippen molar-refractivity contribution in [3.63, 3.8) is 0 Å². The summed E-state index contributed by atoms with van der Waals surface area (Å²) in [6, 6.07) is 15.8. The molecule has 0 spiro atoms. The Balaban J connectivity index is 1.48. The molecule has 0 fully saturated rings. The number of halogens is 1. The first kappa shape index (κ1) is 17.1. The van der Waals surface area contributed by atoms with Gasteiger partial charge in [-0.1, -0.05) is 39.3 Å². The Morgan fingerprint density at radius 3 is 2.37 bits per heavy atom. The first-order chi connectivity index (χ1) is 13.2. The summed E-state index contributed by atoms with van der Waals surface area (Å²) in [6.45, 7) is 0.641. The van der Waals surface area contributed by atoms with Gasteiger partial charge in [-0.25, -0.2) is 14.6 Å². The maximum Gasteiger partial charge on any atom is 0.232 e. The third-order valence-electron chi connectivity index (χ3n) is 3.65. The van der Waals surface area contributed by atoms with E-state index in [1.807, 2.05) is 54.7 Å². The maximum absolute atomic E-state index is 4.41. The highest BCUT2D eigenvalue weighted by Crippen LogP contribution is 2.20. The van der Waals surface area contributed by atoms with Gasteiger partial charge in [0.1, 0.15) is 6.33 Å². The number of nitrogens with zero attached hydrogens (tertiary/aromatic N) is 6. The smallest absolute Gasteiger partial charge is 0.232 e. The predicted octanol–water partition coefficient (Wildman–Crippen LogP) is 3.76. The number of hydrogen-bond donors (Lipinski definition) is 2. The van der Waals surface area contributed by atoms with Crippen LogP contribution in [-0.2, 0) is 6.54 Å². The SMILES string of the molecule is Brc1cccc(Nc2ncnc(Nc3cccc(Cn4ccnn4)c3)n2)c1. The van der Waals surface area contributed by atoms with E-state index < -0.39 is 0 Å². The summed E-state index contributed by atoms with van der Waals surface area (Å²) >= 11 is 3.45. The summed E-state index contributed by atoms with van der Waals surface area (Å²) in [6.07, 6.45) is 4.95. The van der Waals surface area contributed by atoms with E-state index in [1.54, 1.807) is 10.9 Å². The van der Waals surface area contributed by atoms with Crippen molar-refractivity contribution in [2.45, 2.75) is 6.54 Å². The van der Waals surface area contributed by atoms with E-state index in [2.05, 4.69) is 51.8 Å². The van der Waals surface area contributed by atoms with E-state index in [9.17, 15) is 0 Å². The van der Waals surface area contributed by atoms with Crippen LogP contribution >= 0.6 is 15.9 Å². The zero-order valence-corrected chi connectivity index (χ0v) is 15.7. The third kappa shape index (κ3) is 4.64. The molecular formula is C18H15BrN8. The first-order valence-corrected chi connectivity index (χ1v) is 8.96. The van der Waals surface area contributed by atoms with Gasteiger partial charge in [-0.3, -0.25) is 0 Å². The van der Waals surface area contributed by atoms with Crippen LogP contribution in [0, 0.1) is 0 Å². The second-order valence-electron chi connectivity index (χ2n) is 5.69. The molecule has 2 aromatic carbocycles. The largest absolute Gasteiger partial charge is 0.324 e. The Morgan fingerprint density at radius 1 is 0.926 bits per heavy atom. The lowest BCUT2D eigenvalue weighted by atomic mass is 10.2. The standard InChI is InChI=1S/C18H15BrN8/c19-14-4-2-6-16(10-14)24-18-21-12-20-17(25-18)23-15-5-1-3-13(9-15)11-27-8-7-22-26-27/h1-10,12H,11H2,(H2,20,21,23,24,25). The van der Waals surface area contributed by atoms with Crippen molar-refractivity contribution < 1.29 is 0 Å². The monoisotopic (exact) mass is 422 g/mol. The second kappa shape index (κ2) is 7.92. The van der Waals surface area contributed by atoms with Crippen molar-refractivity contribution in [3.05, 3.63) is 77.3 Å². The van der Waals surface area contributed by atoms with Gasteiger partial charge in [0, 0.05) is 22.0 Å². The van der Waals surface area contributed by atoms with E-state index >= 15 is 0 Å². The van der Waals surface area contributed by atoms with E-state index in [1.165, 1.54) is 6.33 Å². The first-order valence-electron chi connectivity index (χ1n) is 8.16. The van der Waals surface area contributed by atoms with Gasteiger partial charge in [0.05, 0.1) is 12.7 Å². The highest BCUT2D eigenvalue weighted by molar-refractivity contribution is 9.10. The zero-order chi connectivity index (χ0) is 18.5. The van der Waals surface area contributed by atoms with Crippen molar-refractivity contribution in [2.24, 2.45) is 0 Å². The predicted molar refractivity (Wildman–Crippen MR) is 106 cm³/mol. The van der Waals surface area contributed by atoms with E-state index in [0.717, 1.165) is 21.4 Å². The Morgan fingerprint density at radius 2 is 1.67 bits per heavy atom. The van der Waals surface area contributed by atoms with Gasteiger partial charge >= 0.3 is 0 Å². The van der Waals surface area contributed by atoms with Gasteiger partial charge in [-0.2, -0.15) is 4.98 Å². The van der Waals surface area contributed by atoms with E-state index in [4.69, 9.17) is 0 Å². The summed E-state index contributed by atoms with van der Waals surface area (Å²) in [5.41, 5.74) is 2.86. The van der Waals surface area contributed by atoms with Gasteiger partial charge in [0.25, 0.3) is 0 Å². The minimum Gasteiger partial charge on any atom is -0.324 e. The van der Waals surface area contributed by atoms with Crippen LogP contribution in [0.5, 0.6) is 0 Å². The Hall–Kier alpha value is -3.33. The van der Waals surface area contributed by atoms with E-state index in [-0.39, 0.29) is 0 Å². The number of benzene rings is 2. The fourth-order valence-corrected chi connectivity index (χ4v) is 2.89. The minimum atomic E-state index is 0.459. The molecule has 0 saturated heterocycles. The molecule has 0 aliphatic heterocycles. The average molecular weight is 423 g/mol. The Bertz CT molecular complexity index is 1030. The molecule has 8 nitrogen and oxygen atoms in total. The molecule has 9 heteroatoms. The van der Waals surface area contributed by atoms with Crippen molar-refractivity contribution >= 4 is 39.2 Å². The van der Waals surface area contributed by atoms with Crippen LogP contribution in [0.2, 0.25) is 0 Å². The van der Waals surface area contributed by atoms with Crippen LogP contribution < -0.4 is 10.6 Å². The highest BCUT2D eigenvalue weighted by Gasteiger charge is 2.04. The minimum absolute atomic E-state index is 0.459. The highest BCUT2D eigenvalue weighted by atomic mass is 79.9. The Kier molecular flexibility index (Phi) is 5.01. The molecular weight excluding hydrogens is 408 g/mol. The van der Waals surface area contributed by atoms with Gasteiger partial charge in [0.2, 0.25) is 11.9 Å². The molecule has 27 heavy (non-hydrogen) atoms. The van der Waals surface area contributed by atoms with Gasteiger partial charge in [-0.15, -0.1) is 5.10 Å². The quantitative estimate of drug-likeness (QED) is 0.488. The lowest BCUT2D eigenvalue weighted by molar-refractivity contribution is 0.650. The van der Waals surface area contributed by atoms with Gasteiger partial charge in [-0.05, 0) is 35.9 Å². The molecule has 4 aromatic rings.